The molecule has 1 atom stereocenters. The lowest BCUT2D eigenvalue weighted by Gasteiger charge is -2.33. The molecule has 1 saturated heterocycles. The number of amides is 2. The number of pyridine rings is 1. The molecule has 3 rings (SSSR count). The molecule has 8 heteroatoms. The summed E-state index contributed by atoms with van der Waals surface area (Å²) >= 11 is 2.86. The van der Waals surface area contributed by atoms with Gasteiger partial charge in [-0.25, -0.2) is 9.97 Å². The molecule has 0 aromatic carbocycles. The summed E-state index contributed by atoms with van der Waals surface area (Å²) in [6.45, 7) is 5.92. The summed E-state index contributed by atoms with van der Waals surface area (Å²) in [6.07, 6.45) is 3.57. The lowest BCUT2D eigenvalue weighted by molar-refractivity contribution is -0.131. The van der Waals surface area contributed by atoms with Crippen LogP contribution >= 0.6 is 23.1 Å². The van der Waals surface area contributed by atoms with Crippen LogP contribution in [0.2, 0.25) is 0 Å². The molecule has 3 heterocycles. The predicted molar refractivity (Wildman–Crippen MR) is 108 cm³/mol. The van der Waals surface area contributed by atoms with E-state index in [0.717, 1.165) is 36.7 Å². The molecule has 0 saturated carbocycles. The lowest BCUT2D eigenvalue weighted by atomic mass is 9.96. The predicted octanol–water partition coefficient (Wildman–Crippen LogP) is 3.00. The Morgan fingerprint density at radius 2 is 2.11 bits per heavy atom. The van der Waals surface area contributed by atoms with Crippen LogP contribution in [0.15, 0.2) is 34.9 Å². The Labute approximate surface area is 167 Å². The van der Waals surface area contributed by atoms with E-state index < -0.39 is 0 Å². The summed E-state index contributed by atoms with van der Waals surface area (Å²) < 4.78 is 0. The molecule has 0 spiro atoms. The monoisotopic (exact) mass is 404 g/mol. The third-order valence-electron chi connectivity index (χ3n) is 4.71. The van der Waals surface area contributed by atoms with Crippen molar-refractivity contribution in [1.29, 1.82) is 0 Å². The van der Waals surface area contributed by atoms with Crippen molar-refractivity contribution in [3.05, 3.63) is 40.5 Å². The van der Waals surface area contributed by atoms with Crippen molar-refractivity contribution >= 4 is 34.9 Å². The largest absolute Gasteiger partial charge is 0.351 e. The molecule has 0 bridgehead atoms. The van der Waals surface area contributed by atoms with Gasteiger partial charge in [-0.2, -0.15) is 0 Å². The van der Waals surface area contributed by atoms with E-state index in [4.69, 9.17) is 0 Å². The highest BCUT2D eigenvalue weighted by atomic mass is 32.2. The van der Waals surface area contributed by atoms with E-state index in [9.17, 15) is 9.59 Å². The van der Waals surface area contributed by atoms with Crippen molar-refractivity contribution in [2.75, 3.05) is 19.6 Å². The number of nitrogens with one attached hydrogen (secondary N) is 1. The maximum Gasteiger partial charge on any atom is 0.263 e. The average molecular weight is 405 g/mol. The number of hydrogen-bond acceptors (Lipinski definition) is 6. The van der Waals surface area contributed by atoms with Gasteiger partial charge < -0.3 is 10.2 Å². The van der Waals surface area contributed by atoms with Crippen molar-refractivity contribution in [1.82, 2.24) is 20.2 Å². The van der Waals surface area contributed by atoms with E-state index in [1.807, 2.05) is 36.9 Å². The lowest BCUT2D eigenvalue weighted by Crippen LogP contribution is -2.44. The fourth-order valence-corrected chi connectivity index (χ4v) is 4.71. The number of carbonyl (C=O) groups is 2. The van der Waals surface area contributed by atoms with Gasteiger partial charge in [0, 0.05) is 25.8 Å². The highest BCUT2D eigenvalue weighted by molar-refractivity contribution is 8.00. The van der Waals surface area contributed by atoms with Crippen molar-refractivity contribution in [3.63, 3.8) is 0 Å². The number of thiazole rings is 1. The van der Waals surface area contributed by atoms with Crippen molar-refractivity contribution in [2.45, 2.75) is 37.0 Å². The molecule has 6 nitrogen and oxygen atoms in total. The van der Waals surface area contributed by atoms with Gasteiger partial charge in [-0.3, -0.25) is 9.59 Å². The second-order valence-electron chi connectivity index (χ2n) is 6.67. The number of piperidine rings is 1. The molecule has 2 amide bonds. The van der Waals surface area contributed by atoms with Crippen LogP contribution in [0.3, 0.4) is 0 Å². The first-order valence-corrected chi connectivity index (χ1v) is 10.8. The van der Waals surface area contributed by atoms with Gasteiger partial charge in [0.1, 0.15) is 4.88 Å². The van der Waals surface area contributed by atoms with Crippen LogP contribution in [0.5, 0.6) is 0 Å². The maximum atomic E-state index is 12.7. The number of thioether (sulfide) groups is 1. The first-order chi connectivity index (χ1) is 13.0. The van der Waals surface area contributed by atoms with Gasteiger partial charge in [0.25, 0.3) is 5.91 Å². The number of nitrogens with zero attached hydrogens (tertiary/aromatic N) is 3. The number of aryl methyl sites for hydroxylation is 1. The molecular formula is C19H24N4O2S2. The standard InChI is InChI=1S/C19H24N4O2S2/c1-13-17(26-12-22-13)18(24)21-11-15-6-9-23(10-7-15)19(25)14(2)27-16-5-3-4-8-20-16/h3-5,8,12,14-15H,6-7,9-11H2,1-2H3,(H,21,24). The molecule has 2 aromatic heterocycles. The summed E-state index contributed by atoms with van der Waals surface area (Å²) in [5.41, 5.74) is 2.47. The Morgan fingerprint density at radius 1 is 1.33 bits per heavy atom. The van der Waals surface area contributed by atoms with Crippen LogP contribution in [0.4, 0.5) is 0 Å². The highest BCUT2D eigenvalue weighted by Crippen LogP contribution is 2.24. The topological polar surface area (TPSA) is 75.2 Å². The summed E-state index contributed by atoms with van der Waals surface area (Å²) in [5.74, 6) is 0.521. The molecule has 1 unspecified atom stereocenters. The zero-order valence-electron chi connectivity index (χ0n) is 15.6. The SMILES string of the molecule is Cc1ncsc1C(=O)NCC1CCN(C(=O)C(C)Sc2ccccn2)CC1. The molecule has 1 aliphatic heterocycles. The third-order valence-corrected chi connectivity index (χ3v) is 6.68. The average Bonchev–Trinajstić information content (AvgIpc) is 3.12. The molecule has 27 heavy (non-hydrogen) atoms. The minimum atomic E-state index is -0.148. The number of rotatable bonds is 6. The Bertz CT molecular complexity index is 773. The van der Waals surface area contributed by atoms with E-state index in [1.165, 1.54) is 23.1 Å². The van der Waals surface area contributed by atoms with Crippen LogP contribution in [-0.4, -0.2) is 51.6 Å². The summed E-state index contributed by atoms with van der Waals surface area (Å²) in [6, 6.07) is 5.73. The summed E-state index contributed by atoms with van der Waals surface area (Å²) in [4.78, 5) is 35.9. The van der Waals surface area contributed by atoms with E-state index in [1.54, 1.807) is 11.7 Å². The third kappa shape index (κ3) is 5.29. The van der Waals surface area contributed by atoms with Crippen LogP contribution in [-0.2, 0) is 4.79 Å². The normalized spacial score (nSPS) is 16.1. The maximum absolute atomic E-state index is 12.7. The van der Waals surface area contributed by atoms with Gasteiger partial charge in [0.2, 0.25) is 5.91 Å². The fraction of sp³-hybridized carbons (Fsp3) is 0.474. The summed E-state index contributed by atoms with van der Waals surface area (Å²) in [7, 11) is 0. The Balaban J connectivity index is 1.42. The molecule has 2 aromatic rings. The van der Waals surface area contributed by atoms with Gasteiger partial charge in [-0.15, -0.1) is 11.3 Å². The fourth-order valence-electron chi connectivity index (χ4n) is 3.10. The molecule has 1 N–H and O–H groups in total. The first-order valence-electron chi connectivity index (χ1n) is 9.09. The second kappa shape index (κ2) is 9.32. The van der Waals surface area contributed by atoms with Gasteiger partial charge in [0.05, 0.1) is 21.5 Å². The van der Waals surface area contributed by atoms with Gasteiger partial charge in [-0.05, 0) is 44.7 Å². The number of aromatic nitrogens is 2. The molecule has 1 aliphatic rings. The Morgan fingerprint density at radius 3 is 2.74 bits per heavy atom. The molecule has 0 aliphatic carbocycles. The van der Waals surface area contributed by atoms with Crippen molar-refractivity contribution in [3.8, 4) is 0 Å². The van der Waals surface area contributed by atoms with Crippen molar-refractivity contribution in [2.24, 2.45) is 5.92 Å². The molecule has 144 valence electrons. The quantitative estimate of drug-likeness (QED) is 0.749. The number of hydrogen-bond donors (Lipinski definition) is 1. The van der Waals surface area contributed by atoms with E-state index in [-0.39, 0.29) is 17.1 Å². The van der Waals surface area contributed by atoms with E-state index in [0.29, 0.717) is 17.3 Å². The second-order valence-corrected chi connectivity index (χ2v) is 8.89. The minimum absolute atomic E-state index is 0.0473. The molecule has 1 fully saturated rings. The van der Waals surface area contributed by atoms with Crippen LogP contribution in [0, 0.1) is 12.8 Å². The first kappa shape index (κ1) is 19.8. The van der Waals surface area contributed by atoms with Crippen molar-refractivity contribution < 1.29 is 9.59 Å². The molecule has 0 radical (unpaired) electrons. The zero-order chi connectivity index (χ0) is 19.2. The van der Waals surface area contributed by atoms with Gasteiger partial charge in [-0.1, -0.05) is 17.8 Å². The highest BCUT2D eigenvalue weighted by Gasteiger charge is 2.27. The van der Waals surface area contributed by atoms with Crippen LogP contribution < -0.4 is 5.32 Å². The van der Waals surface area contributed by atoms with Gasteiger partial charge in [0.15, 0.2) is 0 Å². The number of likely N-dealkylation sites (tertiary alicyclic amines) is 1. The molecular weight excluding hydrogens is 380 g/mol. The zero-order valence-corrected chi connectivity index (χ0v) is 17.2. The van der Waals surface area contributed by atoms with Crippen LogP contribution in [0.25, 0.3) is 0 Å². The Kier molecular flexibility index (Phi) is 6.84. The van der Waals surface area contributed by atoms with E-state index in [2.05, 4.69) is 15.3 Å². The van der Waals surface area contributed by atoms with Gasteiger partial charge >= 0.3 is 0 Å². The smallest absolute Gasteiger partial charge is 0.263 e. The van der Waals surface area contributed by atoms with Crippen LogP contribution in [0.1, 0.15) is 35.1 Å². The Hall–Kier alpha value is -1.93. The minimum Gasteiger partial charge on any atom is -0.351 e. The van der Waals surface area contributed by atoms with E-state index >= 15 is 0 Å². The summed E-state index contributed by atoms with van der Waals surface area (Å²) in [5, 5.41) is 3.73. The number of carbonyl (C=O) groups excluding carboxylic acids is 2.